The Hall–Kier alpha value is -1.10. The van der Waals surface area contributed by atoms with Crippen LogP contribution in [0.5, 0.6) is 0 Å². The normalized spacial score (nSPS) is 19.2. The lowest BCUT2D eigenvalue weighted by molar-refractivity contribution is -0.142. The molecule has 0 bridgehead atoms. The third-order valence-electron chi connectivity index (χ3n) is 3.48. The summed E-state index contributed by atoms with van der Waals surface area (Å²) >= 11 is 1.64. The summed E-state index contributed by atoms with van der Waals surface area (Å²) in [6.07, 6.45) is 2.75. The van der Waals surface area contributed by atoms with Crippen LogP contribution in [0.2, 0.25) is 0 Å². The third kappa shape index (κ3) is 3.47. The fourth-order valence-corrected chi connectivity index (χ4v) is 3.50. The first-order valence-corrected chi connectivity index (χ1v) is 7.86. The van der Waals surface area contributed by atoms with Gasteiger partial charge in [-0.1, -0.05) is 13.8 Å². The summed E-state index contributed by atoms with van der Waals surface area (Å²) in [6.45, 7) is 7.85. The molecule has 0 spiro atoms. The van der Waals surface area contributed by atoms with Crippen LogP contribution < -0.4 is 4.90 Å². The Bertz CT molecular complexity index is 431. The molecule has 1 saturated heterocycles. The highest BCUT2D eigenvalue weighted by Crippen LogP contribution is 2.31. The van der Waals surface area contributed by atoms with Crippen molar-refractivity contribution in [3.8, 4) is 0 Å². The number of aromatic nitrogens is 1. The van der Waals surface area contributed by atoms with Crippen molar-refractivity contribution in [2.45, 2.75) is 46.1 Å². The first kappa shape index (κ1) is 14.3. The lowest BCUT2D eigenvalue weighted by Crippen LogP contribution is -2.33. The van der Waals surface area contributed by atoms with Crippen LogP contribution >= 0.6 is 11.3 Å². The maximum atomic E-state index is 11.4. The quantitative estimate of drug-likeness (QED) is 0.779. The molecule has 0 amide bonds. The molecule has 2 heterocycles. The molecule has 0 saturated carbocycles. The minimum Gasteiger partial charge on any atom is -0.466 e. The smallest absolute Gasteiger partial charge is 0.311 e. The van der Waals surface area contributed by atoms with E-state index in [2.05, 4.69) is 23.7 Å². The number of anilines is 1. The van der Waals surface area contributed by atoms with Gasteiger partial charge in [-0.05, 0) is 25.7 Å². The van der Waals surface area contributed by atoms with Gasteiger partial charge in [0.2, 0.25) is 0 Å². The van der Waals surface area contributed by atoms with E-state index in [-0.39, 0.29) is 12.4 Å². The Balaban J connectivity index is 2.02. The van der Waals surface area contributed by atoms with E-state index in [0.717, 1.165) is 17.4 Å². The standard InChI is InChI=1S/C14H22N2O2S/c1-4-18-13(17)8-11-9-19-14(15-11)16-7-5-6-12(16)10(2)3/h9-10,12H,4-8H2,1-3H3. The van der Waals surface area contributed by atoms with E-state index in [1.165, 1.54) is 12.8 Å². The second kappa shape index (κ2) is 6.37. The summed E-state index contributed by atoms with van der Waals surface area (Å²) in [5, 5.41) is 3.03. The highest BCUT2D eigenvalue weighted by Gasteiger charge is 2.29. The van der Waals surface area contributed by atoms with E-state index >= 15 is 0 Å². The molecule has 0 aromatic carbocycles. The molecule has 0 N–H and O–H groups in total. The molecule has 1 fully saturated rings. The summed E-state index contributed by atoms with van der Waals surface area (Å²) in [6, 6.07) is 0.585. The van der Waals surface area contributed by atoms with Crippen molar-refractivity contribution >= 4 is 22.4 Å². The topological polar surface area (TPSA) is 42.4 Å². The predicted molar refractivity (Wildman–Crippen MR) is 77.7 cm³/mol. The highest BCUT2D eigenvalue weighted by atomic mass is 32.1. The van der Waals surface area contributed by atoms with E-state index in [1.807, 2.05) is 12.3 Å². The van der Waals surface area contributed by atoms with Crippen molar-refractivity contribution in [1.82, 2.24) is 4.98 Å². The van der Waals surface area contributed by atoms with Gasteiger partial charge in [0.25, 0.3) is 0 Å². The molecule has 4 nitrogen and oxygen atoms in total. The summed E-state index contributed by atoms with van der Waals surface area (Å²) in [7, 11) is 0. The van der Waals surface area contributed by atoms with Gasteiger partial charge in [-0.25, -0.2) is 4.98 Å². The van der Waals surface area contributed by atoms with Gasteiger partial charge < -0.3 is 9.64 Å². The first-order chi connectivity index (χ1) is 9.11. The fraction of sp³-hybridized carbons (Fsp3) is 0.714. The maximum Gasteiger partial charge on any atom is 0.311 e. The van der Waals surface area contributed by atoms with Crippen LogP contribution in [0.4, 0.5) is 5.13 Å². The van der Waals surface area contributed by atoms with E-state index in [4.69, 9.17) is 4.74 Å². The second-order valence-electron chi connectivity index (χ2n) is 5.25. The van der Waals surface area contributed by atoms with Gasteiger partial charge in [0.15, 0.2) is 5.13 Å². The number of carbonyl (C=O) groups excluding carboxylic acids is 1. The maximum absolute atomic E-state index is 11.4. The number of hydrogen-bond acceptors (Lipinski definition) is 5. The van der Waals surface area contributed by atoms with Gasteiger partial charge in [0.1, 0.15) is 0 Å². The van der Waals surface area contributed by atoms with Gasteiger partial charge in [0, 0.05) is 18.0 Å². The van der Waals surface area contributed by atoms with Crippen molar-refractivity contribution in [2.24, 2.45) is 5.92 Å². The van der Waals surface area contributed by atoms with Crippen molar-refractivity contribution < 1.29 is 9.53 Å². The molecule has 1 aliphatic heterocycles. The number of thiazole rings is 1. The lowest BCUT2D eigenvalue weighted by Gasteiger charge is -2.27. The monoisotopic (exact) mass is 282 g/mol. The fourth-order valence-electron chi connectivity index (χ4n) is 2.59. The molecule has 1 aromatic heterocycles. The molecule has 1 aliphatic rings. The molecule has 2 rings (SSSR count). The summed E-state index contributed by atoms with van der Waals surface area (Å²) in [4.78, 5) is 18.4. The molecular formula is C14H22N2O2S. The molecule has 106 valence electrons. The molecule has 0 aliphatic carbocycles. The van der Waals surface area contributed by atoms with E-state index in [0.29, 0.717) is 18.6 Å². The van der Waals surface area contributed by atoms with Crippen LogP contribution in [0.1, 0.15) is 39.3 Å². The molecule has 1 unspecified atom stereocenters. The minimum absolute atomic E-state index is 0.193. The van der Waals surface area contributed by atoms with Crippen LogP contribution in [0.15, 0.2) is 5.38 Å². The molecule has 0 radical (unpaired) electrons. The van der Waals surface area contributed by atoms with Gasteiger partial charge >= 0.3 is 5.97 Å². The van der Waals surface area contributed by atoms with Gasteiger partial charge in [-0.2, -0.15) is 0 Å². The summed E-state index contributed by atoms with van der Waals surface area (Å²) in [5.74, 6) is 0.445. The Labute approximate surface area is 118 Å². The predicted octanol–water partition coefficient (Wildman–Crippen LogP) is 2.87. The molecule has 5 heteroatoms. The van der Waals surface area contributed by atoms with Crippen molar-refractivity contribution in [3.05, 3.63) is 11.1 Å². The van der Waals surface area contributed by atoms with Crippen molar-refractivity contribution in [1.29, 1.82) is 0 Å². The van der Waals surface area contributed by atoms with E-state index in [1.54, 1.807) is 11.3 Å². The van der Waals surface area contributed by atoms with Crippen molar-refractivity contribution in [2.75, 3.05) is 18.1 Å². The van der Waals surface area contributed by atoms with Crippen LogP contribution in [-0.4, -0.2) is 30.1 Å². The second-order valence-corrected chi connectivity index (χ2v) is 6.09. The van der Waals surface area contributed by atoms with Gasteiger partial charge in [0.05, 0.1) is 18.7 Å². The van der Waals surface area contributed by atoms with Crippen molar-refractivity contribution in [3.63, 3.8) is 0 Å². The average Bonchev–Trinajstić information content (AvgIpc) is 2.96. The zero-order chi connectivity index (χ0) is 13.8. The Morgan fingerprint density at radius 2 is 2.42 bits per heavy atom. The number of nitrogens with zero attached hydrogens (tertiary/aromatic N) is 2. The van der Waals surface area contributed by atoms with Crippen LogP contribution in [0, 0.1) is 5.92 Å². The number of carbonyl (C=O) groups is 1. The van der Waals surface area contributed by atoms with Crippen LogP contribution in [0.3, 0.4) is 0 Å². The number of ether oxygens (including phenoxy) is 1. The molecular weight excluding hydrogens is 260 g/mol. The zero-order valence-corrected chi connectivity index (χ0v) is 12.7. The molecule has 19 heavy (non-hydrogen) atoms. The zero-order valence-electron chi connectivity index (χ0n) is 11.9. The largest absolute Gasteiger partial charge is 0.466 e. The number of rotatable bonds is 5. The van der Waals surface area contributed by atoms with E-state index < -0.39 is 0 Å². The van der Waals surface area contributed by atoms with Gasteiger partial charge in [-0.15, -0.1) is 11.3 Å². The molecule has 1 atom stereocenters. The Morgan fingerprint density at radius 1 is 1.63 bits per heavy atom. The minimum atomic E-state index is -0.193. The summed E-state index contributed by atoms with van der Waals surface area (Å²) in [5.41, 5.74) is 0.827. The SMILES string of the molecule is CCOC(=O)Cc1csc(N2CCCC2C(C)C)n1. The van der Waals surface area contributed by atoms with Crippen LogP contribution in [0.25, 0.3) is 0 Å². The highest BCUT2D eigenvalue weighted by molar-refractivity contribution is 7.13. The molecule has 1 aromatic rings. The number of hydrogen-bond donors (Lipinski definition) is 0. The summed E-state index contributed by atoms with van der Waals surface area (Å²) < 4.78 is 4.95. The number of esters is 1. The first-order valence-electron chi connectivity index (χ1n) is 6.98. The Morgan fingerprint density at radius 3 is 3.11 bits per heavy atom. The van der Waals surface area contributed by atoms with Gasteiger partial charge in [-0.3, -0.25) is 4.79 Å². The van der Waals surface area contributed by atoms with Crippen LogP contribution in [-0.2, 0) is 16.0 Å². The average molecular weight is 282 g/mol. The van der Waals surface area contributed by atoms with E-state index in [9.17, 15) is 4.79 Å². The third-order valence-corrected chi connectivity index (χ3v) is 4.41. The Kier molecular flexibility index (Phi) is 4.80. The lowest BCUT2D eigenvalue weighted by atomic mass is 10.0.